The van der Waals surface area contributed by atoms with Gasteiger partial charge in [0.05, 0.1) is 8.66 Å². The Kier molecular flexibility index (Phi) is 8.01. The van der Waals surface area contributed by atoms with E-state index in [1.165, 1.54) is 11.3 Å². The molecular weight excluding hydrogens is 454 g/mol. The molecule has 0 aliphatic carbocycles. The summed E-state index contributed by atoms with van der Waals surface area (Å²) in [5.41, 5.74) is 0.389. The van der Waals surface area contributed by atoms with Gasteiger partial charge in [-0.3, -0.25) is 9.59 Å². The molecule has 1 atom stereocenters. The number of nitrogens with one attached hydrogen (secondary N) is 1. The Morgan fingerprint density at radius 2 is 1.81 bits per heavy atom. The second kappa shape index (κ2) is 10.0. The molecule has 27 heavy (non-hydrogen) atoms. The number of carbonyl (C=O) groups excluding carboxylic acids is 3. The monoisotopic (exact) mass is 471 g/mol. The third-order valence-corrected chi connectivity index (χ3v) is 5.51. The number of ketones is 1. The number of hydrogen-bond acceptors (Lipinski definition) is 5. The molecule has 144 valence electrons. The van der Waals surface area contributed by atoms with Crippen molar-refractivity contribution < 1.29 is 19.1 Å². The van der Waals surface area contributed by atoms with Crippen LogP contribution in [0.1, 0.15) is 40.3 Å². The molecule has 0 radical (unpaired) electrons. The van der Waals surface area contributed by atoms with Crippen LogP contribution >= 0.6 is 38.9 Å². The number of benzene rings is 1. The van der Waals surface area contributed by atoms with Crippen molar-refractivity contribution in [1.29, 1.82) is 0 Å². The average molecular weight is 473 g/mol. The molecule has 1 aromatic heterocycles. The van der Waals surface area contributed by atoms with E-state index < -0.39 is 17.9 Å². The number of esters is 1. The van der Waals surface area contributed by atoms with E-state index in [9.17, 15) is 14.4 Å². The normalized spacial score (nSPS) is 11.9. The highest BCUT2D eigenvalue weighted by atomic mass is 79.9. The minimum atomic E-state index is -0.837. The molecule has 8 heteroatoms. The smallest absolute Gasteiger partial charge is 0.329 e. The number of halogens is 2. The van der Waals surface area contributed by atoms with Gasteiger partial charge in [-0.2, -0.15) is 0 Å². The van der Waals surface area contributed by atoms with E-state index in [1.54, 1.807) is 36.4 Å². The number of Topliss-reactive ketones (excluding diaryl/α,β-unsaturated/α-hetero) is 1. The molecule has 0 spiro atoms. The van der Waals surface area contributed by atoms with Gasteiger partial charge in [-0.05, 0) is 64.7 Å². The summed E-state index contributed by atoms with van der Waals surface area (Å²) in [5, 5.41) is 3.20. The Morgan fingerprint density at radius 3 is 2.37 bits per heavy atom. The van der Waals surface area contributed by atoms with E-state index in [0.29, 0.717) is 21.9 Å². The number of ether oxygens (including phenoxy) is 1. The molecule has 1 unspecified atom stereocenters. The van der Waals surface area contributed by atoms with Crippen molar-refractivity contribution in [1.82, 2.24) is 5.32 Å². The minimum absolute atomic E-state index is 0.150. The Bertz CT molecular complexity index is 819. The zero-order valence-corrected chi connectivity index (χ0v) is 18.0. The quantitative estimate of drug-likeness (QED) is 0.445. The maximum atomic E-state index is 12.4. The fraction of sp³-hybridized carbons (Fsp3) is 0.316. The maximum absolute atomic E-state index is 12.4. The van der Waals surface area contributed by atoms with Crippen molar-refractivity contribution in [3.8, 4) is 0 Å². The van der Waals surface area contributed by atoms with Crippen molar-refractivity contribution in [2.75, 3.05) is 6.61 Å². The topological polar surface area (TPSA) is 72.5 Å². The summed E-state index contributed by atoms with van der Waals surface area (Å²) in [4.78, 5) is 37.4. The van der Waals surface area contributed by atoms with Crippen LogP contribution in [0.4, 0.5) is 0 Å². The predicted octanol–water partition coefficient (Wildman–Crippen LogP) is 4.73. The van der Waals surface area contributed by atoms with Gasteiger partial charge in [-0.25, -0.2) is 4.79 Å². The SMILES string of the molecule is CC(C)CC(NC(=O)c1ccc(Cl)cc1)C(=O)OCC(=O)c1ccc(Br)s1. The van der Waals surface area contributed by atoms with Crippen LogP contribution in [0.25, 0.3) is 0 Å². The molecule has 2 rings (SSSR count). The summed E-state index contributed by atoms with van der Waals surface area (Å²) in [5.74, 6) is -1.17. The standard InChI is InChI=1S/C19H19BrClNO4S/c1-11(2)9-14(22-18(24)12-3-5-13(21)6-4-12)19(25)26-10-15(23)16-7-8-17(20)27-16/h3-8,11,14H,9-10H2,1-2H3,(H,22,24). The average Bonchev–Trinajstić information content (AvgIpc) is 3.05. The van der Waals surface area contributed by atoms with E-state index >= 15 is 0 Å². The Hall–Kier alpha value is -1.70. The van der Waals surface area contributed by atoms with E-state index in [0.717, 1.165) is 3.79 Å². The van der Waals surface area contributed by atoms with Crippen LogP contribution in [0.15, 0.2) is 40.2 Å². The minimum Gasteiger partial charge on any atom is -0.456 e. The van der Waals surface area contributed by atoms with Crippen LogP contribution < -0.4 is 5.32 Å². The van der Waals surface area contributed by atoms with Crippen LogP contribution in [-0.4, -0.2) is 30.3 Å². The van der Waals surface area contributed by atoms with Gasteiger partial charge < -0.3 is 10.1 Å². The molecule has 1 aromatic carbocycles. The second-order valence-electron chi connectivity index (χ2n) is 6.30. The highest BCUT2D eigenvalue weighted by Gasteiger charge is 2.25. The molecule has 1 N–H and O–H groups in total. The van der Waals surface area contributed by atoms with Crippen LogP contribution in [0, 0.1) is 5.92 Å². The van der Waals surface area contributed by atoms with Crippen molar-refractivity contribution in [2.24, 2.45) is 5.92 Å². The lowest BCUT2D eigenvalue weighted by molar-refractivity contribution is -0.145. The third kappa shape index (κ3) is 6.75. The lowest BCUT2D eigenvalue weighted by atomic mass is 10.0. The summed E-state index contributed by atoms with van der Waals surface area (Å²) in [6.07, 6.45) is 0.400. The molecular formula is C19H19BrClNO4S. The van der Waals surface area contributed by atoms with Gasteiger partial charge in [0.1, 0.15) is 6.04 Å². The summed E-state index contributed by atoms with van der Waals surface area (Å²) in [6, 6.07) is 8.94. The van der Waals surface area contributed by atoms with Gasteiger partial charge >= 0.3 is 5.97 Å². The highest BCUT2D eigenvalue weighted by molar-refractivity contribution is 9.11. The molecule has 0 aliphatic heterocycles. The molecule has 2 aromatic rings. The summed E-state index contributed by atoms with van der Waals surface area (Å²) in [7, 11) is 0. The second-order valence-corrected chi connectivity index (χ2v) is 9.20. The first kappa shape index (κ1) is 21.6. The highest BCUT2D eigenvalue weighted by Crippen LogP contribution is 2.22. The van der Waals surface area contributed by atoms with Gasteiger partial charge in [0.2, 0.25) is 5.78 Å². The molecule has 0 bridgehead atoms. The number of thiophene rings is 1. The number of hydrogen-bond donors (Lipinski definition) is 1. The molecule has 0 aliphatic rings. The molecule has 1 amide bonds. The zero-order chi connectivity index (χ0) is 20.0. The lowest BCUT2D eigenvalue weighted by Crippen LogP contribution is -2.43. The summed E-state index contributed by atoms with van der Waals surface area (Å²) in [6.45, 7) is 3.50. The Labute approximate surface area is 175 Å². The van der Waals surface area contributed by atoms with Crippen molar-refractivity contribution in [3.05, 3.63) is 55.6 Å². The van der Waals surface area contributed by atoms with Crippen molar-refractivity contribution >= 4 is 56.5 Å². The van der Waals surface area contributed by atoms with Crippen LogP contribution in [0.2, 0.25) is 5.02 Å². The maximum Gasteiger partial charge on any atom is 0.329 e. The molecule has 0 fully saturated rings. The van der Waals surface area contributed by atoms with Gasteiger partial charge in [-0.15, -0.1) is 11.3 Å². The van der Waals surface area contributed by atoms with Gasteiger partial charge in [0, 0.05) is 10.6 Å². The first-order valence-corrected chi connectivity index (χ1v) is 10.3. The van der Waals surface area contributed by atoms with Gasteiger partial charge in [0.25, 0.3) is 5.91 Å². The molecule has 0 saturated heterocycles. The fourth-order valence-electron chi connectivity index (χ4n) is 2.30. The van der Waals surface area contributed by atoms with E-state index in [2.05, 4.69) is 21.2 Å². The van der Waals surface area contributed by atoms with Crippen LogP contribution in [-0.2, 0) is 9.53 Å². The van der Waals surface area contributed by atoms with E-state index in [4.69, 9.17) is 16.3 Å². The molecule has 0 saturated carbocycles. The van der Waals surface area contributed by atoms with E-state index in [1.807, 2.05) is 13.8 Å². The first-order valence-electron chi connectivity index (χ1n) is 8.28. The number of rotatable bonds is 8. The van der Waals surface area contributed by atoms with Crippen LogP contribution in [0.3, 0.4) is 0 Å². The van der Waals surface area contributed by atoms with Crippen molar-refractivity contribution in [3.63, 3.8) is 0 Å². The fourth-order valence-corrected chi connectivity index (χ4v) is 3.74. The first-order chi connectivity index (χ1) is 12.8. The predicted molar refractivity (Wildman–Crippen MR) is 109 cm³/mol. The summed E-state index contributed by atoms with van der Waals surface area (Å²) < 4.78 is 5.98. The van der Waals surface area contributed by atoms with Crippen LogP contribution in [0.5, 0.6) is 0 Å². The van der Waals surface area contributed by atoms with Gasteiger partial charge in [0.15, 0.2) is 6.61 Å². The zero-order valence-electron chi connectivity index (χ0n) is 14.8. The molecule has 5 nitrogen and oxygen atoms in total. The molecule has 1 heterocycles. The third-order valence-electron chi connectivity index (χ3n) is 3.60. The van der Waals surface area contributed by atoms with Crippen molar-refractivity contribution in [2.45, 2.75) is 26.3 Å². The Balaban J connectivity index is 1.99. The Morgan fingerprint density at radius 1 is 1.15 bits per heavy atom. The lowest BCUT2D eigenvalue weighted by Gasteiger charge is -2.19. The number of carbonyl (C=O) groups is 3. The van der Waals surface area contributed by atoms with Gasteiger partial charge in [-0.1, -0.05) is 25.4 Å². The largest absolute Gasteiger partial charge is 0.456 e. The number of amides is 1. The van der Waals surface area contributed by atoms with E-state index in [-0.39, 0.29) is 18.3 Å². The summed E-state index contributed by atoms with van der Waals surface area (Å²) >= 11 is 10.4.